The van der Waals surface area contributed by atoms with E-state index in [2.05, 4.69) is 10.3 Å². The van der Waals surface area contributed by atoms with Crippen molar-refractivity contribution in [2.24, 2.45) is 5.92 Å². The van der Waals surface area contributed by atoms with E-state index in [4.69, 9.17) is 4.74 Å². The fourth-order valence-corrected chi connectivity index (χ4v) is 12.0. The molecule has 4 atom stereocenters. The summed E-state index contributed by atoms with van der Waals surface area (Å²) in [5.74, 6) is -0.272. The van der Waals surface area contributed by atoms with E-state index in [0.717, 1.165) is 79.6 Å². The van der Waals surface area contributed by atoms with Gasteiger partial charge in [0, 0.05) is 80.1 Å². The maximum atomic E-state index is 15.2. The summed E-state index contributed by atoms with van der Waals surface area (Å²) in [5, 5.41) is 17.8. The number of aliphatic hydroxyl groups is 1. The van der Waals surface area contributed by atoms with Crippen LogP contribution in [0.4, 0.5) is 17.1 Å². The summed E-state index contributed by atoms with van der Waals surface area (Å²) in [6.45, 7) is 7.99. The molecule has 3 amide bonds. The molecule has 54 heavy (non-hydrogen) atoms. The standard InChI is InChI=1S/C41H56N6O6Si/c1-29-39(54(2,3)52)36(20-24-44-28-31(21-25-48)42-43-44)53-41(29)34-26-33(46-23-11-7-5-9-13-38(46)50)18-19-35(34)47(40(41)51)27-30-14-16-32(17-15-30)45-22-10-6-4-8-12-37(45)49/h14-19,26,28-29,36,39,48,52H,4-13,20-25,27H2,1-3H3/t29-,36+,39-,41+/m1/s1. The average molecular weight is 757 g/mol. The van der Waals surface area contributed by atoms with Gasteiger partial charge in [-0.25, -0.2) is 0 Å². The molecule has 4 aliphatic heterocycles. The first-order valence-corrected chi connectivity index (χ1v) is 23.1. The number of anilines is 3. The fourth-order valence-electron chi connectivity index (χ4n) is 9.43. The summed E-state index contributed by atoms with van der Waals surface area (Å²) in [7, 11) is -2.91. The Kier molecular flexibility index (Phi) is 11.4. The summed E-state index contributed by atoms with van der Waals surface area (Å²) in [6, 6.07) is 13.9. The van der Waals surface area contributed by atoms with Gasteiger partial charge < -0.3 is 29.3 Å². The first-order valence-electron chi connectivity index (χ1n) is 20.1. The Morgan fingerprint density at radius 1 is 0.870 bits per heavy atom. The highest BCUT2D eigenvalue weighted by Gasteiger charge is 2.66. The van der Waals surface area contributed by atoms with Crippen LogP contribution in [0.3, 0.4) is 0 Å². The molecule has 1 spiro atoms. The molecule has 1 aromatic heterocycles. The highest BCUT2D eigenvalue weighted by atomic mass is 28.4. The third-order valence-electron chi connectivity index (χ3n) is 12.1. The molecule has 0 saturated carbocycles. The first-order chi connectivity index (χ1) is 26.0. The van der Waals surface area contributed by atoms with E-state index < -0.39 is 20.0 Å². The van der Waals surface area contributed by atoms with Crippen LogP contribution in [0.15, 0.2) is 48.7 Å². The van der Waals surface area contributed by atoms with Gasteiger partial charge in [-0.05, 0) is 81.1 Å². The molecule has 290 valence electrons. The molecule has 4 aliphatic rings. The Labute approximate surface area is 319 Å². The molecular weight excluding hydrogens is 701 g/mol. The molecule has 0 aliphatic carbocycles. The van der Waals surface area contributed by atoms with Gasteiger partial charge in [0.15, 0.2) is 13.9 Å². The van der Waals surface area contributed by atoms with Crippen LogP contribution in [0.1, 0.15) is 94.4 Å². The summed E-state index contributed by atoms with van der Waals surface area (Å²) >= 11 is 0. The number of nitrogens with zero attached hydrogens (tertiary/aromatic N) is 6. The lowest BCUT2D eigenvalue weighted by atomic mass is 9.82. The minimum absolute atomic E-state index is 0.0118. The Morgan fingerprint density at radius 2 is 1.50 bits per heavy atom. The highest BCUT2D eigenvalue weighted by molar-refractivity contribution is 6.71. The van der Waals surface area contributed by atoms with Gasteiger partial charge in [0.1, 0.15) is 0 Å². The molecule has 0 bridgehead atoms. The second kappa shape index (κ2) is 16.1. The molecular formula is C41H56N6O6Si. The van der Waals surface area contributed by atoms with Gasteiger partial charge in [0.25, 0.3) is 5.91 Å². The van der Waals surface area contributed by atoms with Gasteiger partial charge in [0.2, 0.25) is 11.8 Å². The van der Waals surface area contributed by atoms with Crippen LogP contribution in [0, 0.1) is 5.92 Å². The van der Waals surface area contributed by atoms with Crippen LogP contribution in [0.25, 0.3) is 0 Å². The number of rotatable bonds is 10. The SMILES string of the molecule is C[C@@H]1[C@@H]([Si](C)(C)O)[C@H](CCn2cc(CCO)nn2)O[C@@]12C(=O)N(Cc1ccc(N3CCCCCCC3=O)cc1)c1ccc(N3CCCCCCC3=O)cc12. The van der Waals surface area contributed by atoms with E-state index in [-0.39, 0.29) is 35.8 Å². The van der Waals surface area contributed by atoms with E-state index in [1.807, 2.05) is 83.4 Å². The van der Waals surface area contributed by atoms with Crippen molar-refractivity contribution in [1.29, 1.82) is 0 Å². The quantitative estimate of drug-likeness (QED) is 0.246. The number of aromatic nitrogens is 3. The number of fused-ring (bicyclic) bond motifs is 2. The number of ether oxygens (including phenoxy) is 1. The van der Waals surface area contributed by atoms with Gasteiger partial charge in [-0.1, -0.05) is 50.0 Å². The third-order valence-corrected chi connectivity index (χ3v) is 14.6. The third kappa shape index (κ3) is 7.52. The molecule has 12 nitrogen and oxygen atoms in total. The smallest absolute Gasteiger partial charge is 0.264 e. The summed E-state index contributed by atoms with van der Waals surface area (Å²) in [4.78, 5) is 59.0. The predicted molar refractivity (Wildman–Crippen MR) is 210 cm³/mol. The molecule has 3 saturated heterocycles. The lowest BCUT2D eigenvalue weighted by molar-refractivity contribution is -0.146. The van der Waals surface area contributed by atoms with E-state index >= 15 is 4.79 Å². The fraction of sp³-hybridized carbons (Fsp3) is 0.585. The number of benzene rings is 2. The van der Waals surface area contributed by atoms with Crippen molar-refractivity contribution in [3.8, 4) is 0 Å². The van der Waals surface area contributed by atoms with E-state index in [1.165, 1.54) is 0 Å². The van der Waals surface area contributed by atoms with Gasteiger partial charge >= 0.3 is 0 Å². The molecule has 5 heterocycles. The van der Waals surface area contributed by atoms with E-state index in [9.17, 15) is 19.5 Å². The van der Waals surface area contributed by atoms with Crippen molar-refractivity contribution in [2.75, 3.05) is 34.4 Å². The number of aliphatic hydroxyl groups excluding tert-OH is 1. The van der Waals surface area contributed by atoms with Gasteiger partial charge in [-0.15, -0.1) is 5.10 Å². The largest absolute Gasteiger partial charge is 0.432 e. The topological polar surface area (TPSA) is 141 Å². The molecule has 13 heteroatoms. The maximum Gasteiger partial charge on any atom is 0.264 e. The molecule has 7 rings (SSSR count). The number of hydrogen-bond acceptors (Lipinski definition) is 8. The maximum absolute atomic E-state index is 15.2. The first kappa shape index (κ1) is 38.4. The van der Waals surface area contributed by atoms with E-state index in [1.54, 1.807) is 4.68 Å². The minimum Gasteiger partial charge on any atom is -0.432 e. The van der Waals surface area contributed by atoms with Gasteiger partial charge in [0.05, 0.1) is 24.0 Å². The molecule has 2 N–H and O–H groups in total. The van der Waals surface area contributed by atoms with Crippen molar-refractivity contribution in [1.82, 2.24) is 15.0 Å². The number of aryl methyl sites for hydroxylation is 1. The Hall–Kier alpha value is -3.91. The molecule has 0 unspecified atom stereocenters. The van der Waals surface area contributed by atoms with Crippen LogP contribution < -0.4 is 14.7 Å². The second-order valence-electron chi connectivity index (χ2n) is 16.3. The Bertz CT molecular complexity index is 1830. The minimum atomic E-state index is -2.91. The second-order valence-corrected chi connectivity index (χ2v) is 20.2. The van der Waals surface area contributed by atoms with Crippen molar-refractivity contribution in [3.63, 3.8) is 0 Å². The van der Waals surface area contributed by atoms with Crippen LogP contribution >= 0.6 is 0 Å². The van der Waals surface area contributed by atoms with Crippen molar-refractivity contribution in [2.45, 2.75) is 127 Å². The van der Waals surface area contributed by atoms with Crippen LogP contribution in [0.2, 0.25) is 18.6 Å². The lowest BCUT2D eigenvalue weighted by Crippen LogP contribution is -2.46. The number of hydrogen-bond donors (Lipinski definition) is 2. The monoisotopic (exact) mass is 756 g/mol. The van der Waals surface area contributed by atoms with Gasteiger partial charge in [-0.2, -0.15) is 0 Å². The van der Waals surface area contributed by atoms with Crippen molar-refractivity contribution >= 4 is 43.1 Å². The van der Waals surface area contributed by atoms with Crippen LogP contribution in [-0.4, -0.2) is 76.7 Å². The summed E-state index contributed by atoms with van der Waals surface area (Å²) in [6.07, 6.45) is 11.4. The zero-order valence-corrected chi connectivity index (χ0v) is 33.1. The predicted octanol–water partition coefficient (Wildman–Crippen LogP) is 5.84. The van der Waals surface area contributed by atoms with Crippen LogP contribution in [0.5, 0.6) is 0 Å². The molecule has 3 aromatic rings. The zero-order chi connectivity index (χ0) is 38.0. The van der Waals surface area contributed by atoms with Crippen molar-refractivity contribution in [3.05, 3.63) is 65.5 Å². The van der Waals surface area contributed by atoms with Gasteiger partial charge in [-0.3, -0.25) is 19.1 Å². The summed E-state index contributed by atoms with van der Waals surface area (Å²) in [5.41, 5.74) is 3.14. The van der Waals surface area contributed by atoms with Crippen LogP contribution in [-0.2, 0) is 44.2 Å². The molecule has 0 radical (unpaired) electrons. The highest BCUT2D eigenvalue weighted by Crippen LogP contribution is 2.60. The lowest BCUT2D eigenvalue weighted by Gasteiger charge is -2.33. The Balaban J connectivity index is 1.24. The van der Waals surface area contributed by atoms with E-state index in [0.29, 0.717) is 57.6 Å². The summed E-state index contributed by atoms with van der Waals surface area (Å²) < 4.78 is 8.86. The number of amides is 3. The molecule has 3 fully saturated rings. The number of carbonyl (C=O) groups excluding carboxylic acids is 3. The normalized spacial score (nSPS) is 25.5. The molecule has 2 aromatic carbocycles. The number of carbonyl (C=O) groups is 3. The zero-order valence-electron chi connectivity index (χ0n) is 32.1. The Morgan fingerprint density at radius 3 is 2.15 bits per heavy atom. The average Bonchev–Trinajstić information content (AvgIpc) is 3.77. The van der Waals surface area contributed by atoms with Crippen molar-refractivity contribution < 1.29 is 29.0 Å².